The summed E-state index contributed by atoms with van der Waals surface area (Å²) in [4.78, 5) is 13.0. The number of hydrogen-bond acceptors (Lipinski definition) is 4. The first-order valence-corrected chi connectivity index (χ1v) is 7.79. The fourth-order valence-corrected chi connectivity index (χ4v) is 2.39. The fourth-order valence-electron chi connectivity index (χ4n) is 2.39. The van der Waals surface area contributed by atoms with Crippen molar-refractivity contribution in [2.24, 2.45) is 0 Å². The van der Waals surface area contributed by atoms with Gasteiger partial charge in [0.2, 0.25) is 0 Å². The van der Waals surface area contributed by atoms with Crippen LogP contribution < -0.4 is 10.2 Å². The summed E-state index contributed by atoms with van der Waals surface area (Å²) >= 11 is 0. The molecule has 0 aromatic heterocycles. The van der Waals surface area contributed by atoms with E-state index in [1.165, 1.54) is 12.8 Å². The van der Waals surface area contributed by atoms with Crippen molar-refractivity contribution >= 4 is 17.1 Å². The van der Waals surface area contributed by atoms with Crippen LogP contribution in [0.3, 0.4) is 0 Å². The van der Waals surface area contributed by atoms with Gasteiger partial charge in [0, 0.05) is 42.6 Å². The minimum absolute atomic E-state index is 0.143. The Morgan fingerprint density at radius 2 is 1.95 bits per heavy atom. The third-order valence-corrected chi connectivity index (χ3v) is 3.45. The molecule has 0 spiro atoms. The summed E-state index contributed by atoms with van der Waals surface area (Å²) < 4.78 is 0. The highest BCUT2D eigenvalue weighted by atomic mass is 16.6. The molecule has 0 bridgehead atoms. The third-order valence-electron chi connectivity index (χ3n) is 3.45. The summed E-state index contributed by atoms with van der Waals surface area (Å²) in [5.74, 6) is 0. The van der Waals surface area contributed by atoms with Gasteiger partial charge in [-0.15, -0.1) is 0 Å². The Morgan fingerprint density at radius 1 is 1.24 bits per heavy atom. The van der Waals surface area contributed by atoms with Crippen LogP contribution in [0.5, 0.6) is 0 Å². The predicted octanol–water partition coefficient (Wildman–Crippen LogP) is 4.43. The van der Waals surface area contributed by atoms with E-state index in [4.69, 9.17) is 0 Å². The average molecular weight is 293 g/mol. The summed E-state index contributed by atoms with van der Waals surface area (Å²) in [7, 11) is 0. The molecular weight excluding hydrogens is 266 g/mol. The quantitative estimate of drug-likeness (QED) is 0.415. The van der Waals surface area contributed by atoms with E-state index in [1.54, 1.807) is 12.1 Å². The van der Waals surface area contributed by atoms with E-state index in [2.05, 4.69) is 31.0 Å². The Bertz CT molecular complexity index is 461. The standard InChI is InChI=1S/C16H27N3O2/c1-5-7-8-9-18(13(3)4)15-10-14(17-6-2)11-16(12-15)19(20)21/h10-13,17H,5-9H2,1-4H3. The van der Waals surface area contributed by atoms with Crippen LogP contribution >= 0.6 is 0 Å². The number of rotatable bonds is 9. The number of non-ortho nitro benzene ring substituents is 1. The Hall–Kier alpha value is -1.78. The van der Waals surface area contributed by atoms with Gasteiger partial charge in [0.15, 0.2) is 0 Å². The van der Waals surface area contributed by atoms with Crippen LogP contribution in [0.1, 0.15) is 47.0 Å². The lowest BCUT2D eigenvalue weighted by Gasteiger charge is -2.29. The molecule has 0 aliphatic heterocycles. The first-order valence-electron chi connectivity index (χ1n) is 7.79. The summed E-state index contributed by atoms with van der Waals surface area (Å²) in [6.45, 7) is 10.1. The second-order valence-corrected chi connectivity index (χ2v) is 5.52. The van der Waals surface area contributed by atoms with E-state index in [1.807, 2.05) is 13.0 Å². The number of nitrogens with one attached hydrogen (secondary N) is 1. The fraction of sp³-hybridized carbons (Fsp3) is 0.625. The van der Waals surface area contributed by atoms with Gasteiger partial charge in [0.25, 0.3) is 5.69 Å². The number of nitrogens with zero attached hydrogens (tertiary/aromatic N) is 2. The minimum Gasteiger partial charge on any atom is -0.385 e. The Labute approximate surface area is 127 Å². The molecule has 1 aromatic rings. The van der Waals surface area contributed by atoms with Crippen LogP contribution in [0.15, 0.2) is 18.2 Å². The number of nitro benzene ring substituents is 1. The van der Waals surface area contributed by atoms with Crippen molar-refractivity contribution in [3.8, 4) is 0 Å². The number of unbranched alkanes of at least 4 members (excludes halogenated alkanes) is 2. The van der Waals surface area contributed by atoms with E-state index in [0.717, 1.165) is 30.9 Å². The smallest absolute Gasteiger partial charge is 0.273 e. The molecule has 0 aliphatic carbocycles. The van der Waals surface area contributed by atoms with Gasteiger partial charge in [-0.1, -0.05) is 19.8 Å². The van der Waals surface area contributed by atoms with Crippen molar-refractivity contribution in [1.29, 1.82) is 0 Å². The normalized spacial score (nSPS) is 10.7. The van der Waals surface area contributed by atoms with Gasteiger partial charge in [0.1, 0.15) is 0 Å². The van der Waals surface area contributed by atoms with Crippen molar-refractivity contribution in [2.45, 2.75) is 53.0 Å². The molecule has 0 saturated heterocycles. The first kappa shape index (κ1) is 17.3. The van der Waals surface area contributed by atoms with E-state index in [0.29, 0.717) is 6.04 Å². The molecule has 1 aromatic carbocycles. The lowest BCUT2D eigenvalue weighted by molar-refractivity contribution is -0.384. The van der Waals surface area contributed by atoms with Crippen LogP contribution in [0, 0.1) is 10.1 Å². The zero-order valence-electron chi connectivity index (χ0n) is 13.6. The topological polar surface area (TPSA) is 58.4 Å². The molecule has 118 valence electrons. The van der Waals surface area contributed by atoms with Crippen LogP contribution in [0.4, 0.5) is 17.1 Å². The van der Waals surface area contributed by atoms with Crippen LogP contribution in [0.2, 0.25) is 0 Å². The van der Waals surface area contributed by atoms with Gasteiger partial charge in [-0.3, -0.25) is 10.1 Å². The molecule has 0 unspecified atom stereocenters. The van der Waals surface area contributed by atoms with Gasteiger partial charge in [0.05, 0.1) is 4.92 Å². The van der Waals surface area contributed by atoms with Crippen LogP contribution in [-0.2, 0) is 0 Å². The number of nitro groups is 1. The van der Waals surface area contributed by atoms with E-state index >= 15 is 0 Å². The minimum atomic E-state index is -0.325. The number of anilines is 2. The van der Waals surface area contributed by atoms with Gasteiger partial charge in [-0.2, -0.15) is 0 Å². The lowest BCUT2D eigenvalue weighted by Crippen LogP contribution is -2.31. The van der Waals surface area contributed by atoms with Crippen LogP contribution in [-0.4, -0.2) is 24.1 Å². The summed E-state index contributed by atoms with van der Waals surface area (Å²) in [6, 6.07) is 5.59. The molecule has 21 heavy (non-hydrogen) atoms. The monoisotopic (exact) mass is 293 g/mol. The van der Waals surface area contributed by atoms with Crippen molar-refractivity contribution in [1.82, 2.24) is 0 Å². The second-order valence-electron chi connectivity index (χ2n) is 5.52. The van der Waals surface area contributed by atoms with E-state index < -0.39 is 0 Å². The Balaban J connectivity index is 3.07. The molecule has 0 amide bonds. The zero-order chi connectivity index (χ0) is 15.8. The molecule has 1 rings (SSSR count). The van der Waals surface area contributed by atoms with Crippen molar-refractivity contribution in [3.63, 3.8) is 0 Å². The highest BCUT2D eigenvalue weighted by molar-refractivity contribution is 5.64. The van der Waals surface area contributed by atoms with Crippen LogP contribution in [0.25, 0.3) is 0 Å². The first-order chi connectivity index (χ1) is 9.99. The van der Waals surface area contributed by atoms with Gasteiger partial charge in [-0.25, -0.2) is 0 Å². The average Bonchev–Trinajstić information content (AvgIpc) is 2.43. The predicted molar refractivity (Wildman–Crippen MR) is 89.3 cm³/mol. The molecule has 1 N–H and O–H groups in total. The molecule has 0 heterocycles. The van der Waals surface area contributed by atoms with Crippen molar-refractivity contribution in [2.75, 3.05) is 23.3 Å². The SMILES string of the molecule is CCCCCN(c1cc(NCC)cc([N+](=O)[O-])c1)C(C)C. The lowest BCUT2D eigenvalue weighted by atomic mass is 10.1. The second kappa shape index (κ2) is 8.49. The summed E-state index contributed by atoms with van der Waals surface area (Å²) in [6.07, 6.45) is 3.45. The number of hydrogen-bond donors (Lipinski definition) is 1. The summed E-state index contributed by atoms with van der Waals surface area (Å²) in [5.41, 5.74) is 1.87. The largest absolute Gasteiger partial charge is 0.385 e. The summed E-state index contributed by atoms with van der Waals surface area (Å²) in [5, 5.41) is 14.3. The number of benzene rings is 1. The zero-order valence-corrected chi connectivity index (χ0v) is 13.6. The highest BCUT2D eigenvalue weighted by Gasteiger charge is 2.16. The maximum atomic E-state index is 11.1. The maximum Gasteiger partial charge on any atom is 0.273 e. The molecule has 5 nitrogen and oxygen atoms in total. The highest BCUT2D eigenvalue weighted by Crippen LogP contribution is 2.28. The molecule has 0 atom stereocenters. The maximum absolute atomic E-state index is 11.1. The Kier molecular flexibility index (Phi) is 6.99. The van der Waals surface area contributed by atoms with Gasteiger partial charge < -0.3 is 10.2 Å². The van der Waals surface area contributed by atoms with Crippen molar-refractivity contribution < 1.29 is 4.92 Å². The molecule has 5 heteroatoms. The van der Waals surface area contributed by atoms with E-state index in [9.17, 15) is 10.1 Å². The van der Waals surface area contributed by atoms with Crippen molar-refractivity contribution in [3.05, 3.63) is 28.3 Å². The molecular formula is C16H27N3O2. The molecule has 0 radical (unpaired) electrons. The van der Waals surface area contributed by atoms with Gasteiger partial charge >= 0.3 is 0 Å². The third kappa shape index (κ3) is 5.25. The van der Waals surface area contributed by atoms with E-state index in [-0.39, 0.29) is 10.6 Å². The molecule has 0 fully saturated rings. The van der Waals surface area contributed by atoms with Gasteiger partial charge in [-0.05, 0) is 33.3 Å². The molecule has 0 saturated carbocycles. The molecule has 0 aliphatic rings. The Morgan fingerprint density at radius 3 is 2.48 bits per heavy atom.